The van der Waals surface area contributed by atoms with Crippen LogP contribution in [0.1, 0.15) is 18.3 Å². The van der Waals surface area contributed by atoms with E-state index in [9.17, 15) is 4.39 Å². The molecule has 4 nitrogen and oxygen atoms in total. The van der Waals surface area contributed by atoms with Gasteiger partial charge in [-0.05, 0) is 30.7 Å². The Morgan fingerprint density at radius 3 is 2.74 bits per heavy atom. The molecule has 0 spiro atoms. The van der Waals surface area contributed by atoms with Crippen LogP contribution in [-0.2, 0) is 9.47 Å². The van der Waals surface area contributed by atoms with Crippen LogP contribution in [0.3, 0.4) is 0 Å². The number of hydrogen-bond acceptors (Lipinski definition) is 5. The van der Waals surface area contributed by atoms with E-state index >= 15 is 0 Å². The highest BCUT2D eigenvalue weighted by molar-refractivity contribution is 7.21. The third kappa shape index (κ3) is 2.95. The number of halogens is 2. The summed E-state index contributed by atoms with van der Waals surface area (Å²) in [6.07, 6.45) is 0.362. The van der Waals surface area contributed by atoms with E-state index in [4.69, 9.17) is 21.1 Å². The molecule has 1 aliphatic rings. The lowest BCUT2D eigenvalue weighted by molar-refractivity contribution is -0.183. The number of hydrogen-bond donors (Lipinski definition) is 0. The quantitative estimate of drug-likeness (QED) is 0.634. The Labute approximate surface area is 140 Å². The van der Waals surface area contributed by atoms with Crippen LogP contribution in [0.25, 0.3) is 20.9 Å². The summed E-state index contributed by atoms with van der Waals surface area (Å²) in [5.74, 6) is -0.356. The van der Waals surface area contributed by atoms with Gasteiger partial charge in [0.15, 0.2) is 6.29 Å². The van der Waals surface area contributed by atoms with Gasteiger partial charge in [0, 0.05) is 11.1 Å². The maximum absolute atomic E-state index is 14.5. The highest BCUT2D eigenvalue weighted by atomic mass is 35.5. The molecule has 1 aliphatic heterocycles. The van der Waals surface area contributed by atoms with Gasteiger partial charge in [-0.15, -0.1) is 0 Å². The van der Waals surface area contributed by atoms with Gasteiger partial charge in [-0.2, -0.15) is 0 Å². The summed E-state index contributed by atoms with van der Waals surface area (Å²) < 4.78 is 25.5. The molecule has 3 heterocycles. The summed E-state index contributed by atoms with van der Waals surface area (Å²) in [5.41, 5.74) is 1.81. The van der Waals surface area contributed by atoms with E-state index in [1.807, 2.05) is 0 Å². The van der Waals surface area contributed by atoms with Crippen molar-refractivity contribution < 1.29 is 13.9 Å². The van der Waals surface area contributed by atoms with Gasteiger partial charge in [-0.25, -0.2) is 14.4 Å². The Morgan fingerprint density at radius 2 is 1.96 bits per heavy atom. The van der Waals surface area contributed by atoms with Gasteiger partial charge in [0.2, 0.25) is 0 Å². The summed E-state index contributed by atoms with van der Waals surface area (Å²) in [4.78, 5) is 9.31. The Morgan fingerprint density at radius 1 is 1.13 bits per heavy atom. The summed E-state index contributed by atoms with van der Waals surface area (Å²) in [6.45, 7) is 1.25. The smallest absolute Gasteiger partial charge is 0.183 e. The third-order valence-electron chi connectivity index (χ3n) is 3.54. The predicted molar refractivity (Wildman–Crippen MR) is 87.1 cm³/mol. The summed E-state index contributed by atoms with van der Waals surface area (Å²) >= 11 is 7.19. The lowest BCUT2D eigenvalue weighted by Gasteiger charge is -2.23. The van der Waals surface area contributed by atoms with Crippen LogP contribution in [-0.4, -0.2) is 23.2 Å². The molecule has 4 rings (SSSR count). The number of aromatic nitrogens is 2. The molecule has 7 heteroatoms. The molecule has 0 bridgehead atoms. The molecule has 118 valence electrons. The van der Waals surface area contributed by atoms with Crippen LogP contribution in [0.4, 0.5) is 4.39 Å². The second-order valence-electron chi connectivity index (χ2n) is 5.14. The Kier molecular flexibility index (Phi) is 3.98. The van der Waals surface area contributed by atoms with Crippen LogP contribution in [0.5, 0.6) is 0 Å². The zero-order valence-corrected chi connectivity index (χ0v) is 13.5. The molecule has 1 fully saturated rings. The Bertz CT molecular complexity index is 864. The van der Waals surface area contributed by atoms with E-state index in [1.165, 1.54) is 17.4 Å². The van der Waals surface area contributed by atoms with E-state index in [-0.39, 0.29) is 5.82 Å². The second kappa shape index (κ2) is 6.13. The number of fused-ring (bicyclic) bond motifs is 1. The van der Waals surface area contributed by atoms with Crippen molar-refractivity contribution in [1.29, 1.82) is 0 Å². The van der Waals surface area contributed by atoms with Gasteiger partial charge in [-0.1, -0.05) is 29.0 Å². The molecule has 1 saturated heterocycles. The molecule has 0 radical (unpaired) electrons. The van der Waals surface area contributed by atoms with Crippen molar-refractivity contribution in [1.82, 2.24) is 9.97 Å². The van der Waals surface area contributed by atoms with Crippen molar-refractivity contribution in [2.45, 2.75) is 12.7 Å². The van der Waals surface area contributed by atoms with Crippen molar-refractivity contribution in [2.75, 3.05) is 13.2 Å². The first kappa shape index (κ1) is 15.0. The first-order valence-corrected chi connectivity index (χ1v) is 8.36. The van der Waals surface area contributed by atoms with Crippen LogP contribution >= 0.6 is 22.9 Å². The van der Waals surface area contributed by atoms with Crippen LogP contribution in [0.2, 0.25) is 5.15 Å². The van der Waals surface area contributed by atoms with E-state index in [2.05, 4.69) is 9.97 Å². The van der Waals surface area contributed by atoms with Crippen molar-refractivity contribution in [3.8, 4) is 10.6 Å². The standard InChI is InChI=1S/C16H12ClFN2O2S/c17-13-5-4-12-15(20-13)23-14(19-12)10-3-2-9(8-11(10)18)16-21-6-1-7-22-16/h2-5,8,16H,1,6-7H2. The molecule has 0 unspecified atom stereocenters. The van der Waals surface area contributed by atoms with Crippen LogP contribution in [0.15, 0.2) is 30.3 Å². The van der Waals surface area contributed by atoms with E-state index in [0.717, 1.165) is 6.42 Å². The number of thiazole rings is 1. The molecule has 0 N–H and O–H groups in total. The lowest BCUT2D eigenvalue weighted by atomic mass is 10.1. The molecule has 0 amide bonds. The fourth-order valence-corrected chi connectivity index (χ4v) is 3.60. The molecular formula is C16H12ClFN2O2S. The Balaban J connectivity index is 1.70. The monoisotopic (exact) mass is 350 g/mol. The minimum Gasteiger partial charge on any atom is -0.348 e. The average Bonchev–Trinajstić information content (AvgIpc) is 2.98. The van der Waals surface area contributed by atoms with Crippen molar-refractivity contribution >= 4 is 33.3 Å². The first-order chi connectivity index (χ1) is 11.2. The van der Waals surface area contributed by atoms with E-state index in [1.54, 1.807) is 24.3 Å². The van der Waals surface area contributed by atoms with Crippen LogP contribution in [0, 0.1) is 5.82 Å². The van der Waals surface area contributed by atoms with Crippen LogP contribution < -0.4 is 0 Å². The Hall–Kier alpha value is -1.60. The number of nitrogens with zero attached hydrogens (tertiary/aromatic N) is 2. The lowest BCUT2D eigenvalue weighted by Crippen LogP contribution is -2.17. The summed E-state index contributed by atoms with van der Waals surface area (Å²) in [5, 5.41) is 0.972. The van der Waals surface area contributed by atoms with Gasteiger partial charge in [-0.3, -0.25) is 0 Å². The largest absolute Gasteiger partial charge is 0.348 e. The van der Waals surface area contributed by atoms with E-state index < -0.39 is 6.29 Å². The number of benzene rings is 1. The number of rotatable bonds is 2. The molecule has 1 aromatic carbocycles. The van der Waals surface area contributed by atoms with Gasteiger partial charge in [0.25, 0.3) is 0 Å². The van der Waals surface area contributed by atoms with Crippen molar-refractivity contribution in [2.24, 2.45) is 0 Å². The van der Waals surface area contributed by atoms with Crippen molar-refractivity contribution in [3.63, 3.8) is 0 Å². The topological polar surface area (TPSA) is 44.2 Å². The molecular weight excluding hydrogens is 339 g/mol. The van der Waals surface area contributed by atoms with Gasteiger partial charge in [0.05, 0.1) is 13.2 Å². The SMILES string of the molecule is Fc1cc(C2OCCCO2)ccc1-c1nc2ccc(Cl)nc2s1. The average molecular weight is 351 g/mol. The zero-order chi connectivity index (χ0) is 15.8. The molecule has 2 aromatic heterocycles. The number of ether oxygens (including phenoxy) is 2. The van der Waals surface area contributed by atoms with E-state index in [0.29, 0.717) is 44.8 Å². The minimum atomic E-state index is -0.497. The zero-order valence-electron chi connectivity index (χ0n) is 12.0. The molecule has 0 saturated carbocycles. The first-order valence-electron chi connectivity index (χ1n) is 7.17. The highest BCUT2D eigenvalue weighted by Crippen LogP contribution is 2.33. The second-order valence-corrected chi connectivity index (χ2v) is 6.51. The molecule has 0 atom stereocenters. The third-order valence-corrected chi connectivity index (χ3v) is 4.75. The maximum Gasteiger partial charge on any atom is 0.183 e. The van der Waals surface area contributed by atoms with Crippen molar-refractivity contribution in [3.05, 3.63) is 46.9 Å². The normalized spacial score (nSPS) is 16.1. The molecule has 23 heavy (non-hydrogen) atoms. The molecule has 0 aliphatic carbocycles. The van der Waals surface area contributed by atoms with Gasteiger partial charge < -0.3 is 9.47 Å². The summed E-state index contributed by atoms with van der Waals surface area (Å²) in [7, 11) is 0. The molecule has 3 aromatic rings. The minimum absolute atomic E-state index is 0.356. The highest BCUT2D eigenvalue weighted by Gasteiger charge is 2.19. The fourth-order valence-electron chi connectivity index (χ4n) is 2.44. The number of pyridine rings is 1. The van der Waals surface area contributed by atoms with Gasteiger partial charge >= 0.3 is 0 Å². The summed E-state index contributed by atoms with van der Waals surface area (Å²) in [6, 6.07) is 8.40. The van der Waals surface area contributed by atoms with Gasteiger partial charge in [0.1, 0.15) is 26.3 Å². The predicted octanol–water partition coefficient (Wildman–Crippen LogP) is 4.59. The maximum atomic E-state index is 14.5. The fraction of sp³-hybridized carbons (Fsp3) is 0.250.